The predicted molar refractivity (Wildman–Crippen MR) is 70.2 cm³/mol. The summed E-state index contributed by atoms with van der Waals surface area (Å²) in [7, 11) is 0. The van der Waals surface area contributed by atoms with Crippen LogP contribution in [-0.2, 0) is 6.42 Å². The fourth-order valence-electron chi connectivity index (χ4n) is 1.73. The van der Waals surface area contributed by atoms with Crippen LogP contribution in [0.15, 0.2) is 24.3 Å². The maximum Gasteiger partial charge on any atom is 0.115 e. The number of phenols is 1. The maximum atomic E-state index is 9.43. The highest BCUT2D eigenvalue weighted by Crippen LogP contribution is 2.16. The second-order valence-corrected chi connectivity index (χ2v) is 4.81. The van der Waals surface area contributed by atoms with E-state index in [9.17, 15) is 10.2 Å². The molecule has 1 unspecified atom stereocenters. The largest absolute Gasteiger partial charge is 0.508 e. The first kappa shape index (κ1) is 14.0. The zero-order chi connectivity index (χ0) is 12.7. The number of hydrogen-bond donors (Lipinski definition) is 3. The lowest BCUT2D eigenvalue weighted by Gasteiger charge is -2.29. The van der Waals surface area contributed by atoms with Crippen LogP contribution in [0.25, 0.3) is 0 Å². The highest BCUT2D eigenvalue weighted by molar-refractivity contribution is 5.26. The van der Waals surface area contributed by atoms with Crippen LogP contribution in [0.3, 0.4) is 0 Å². The van der Waals surface area contributed by atoms with E-state index in [0.29, 0.717) is 5.75 Å². The monoisotopic (exact) mass is 237 g/mol. The normalized spacial score (nSPS) is 14.5. The van der Waals surface area contributed by atoms with Crippen LogP contribution < -0.4 is 5.32 Å². The van der Waals surface area contributed by atoms with Crippen molar-refractivity contribution in [1.82, 2.24) is 5.32 Å². The van der Waals surface area contributed by atoms with Crippen LogP contribution in [0.2, 0.25) is 0 Å². The highest BCUT2D eigenvalue weighted by Gasteiger charge is 2.21. The molecule has 0 bridgehead atoms. The van der Waals surface area contributed by atoms with Crippen molar-refractivity contribution in [3.8, 4) is 5.75 Å². The number of hydrogen-bond acceptors (Lipinski definition) is 3. The summed E-state index contributed by atoms with van der Waals surface area (Å²) in [5.41, 5.74) is 0.967. The van der Waals surface area contributed by atoms with Gasteiger partial charge in [0.15, 0.2) is 0 Å². The van der Waals surface area contributed by atoms with E-state index in [-0.39, 0.29) is 12.1 Å². The van der Waals surface area contributed by atoms with Crippen molar-refractivity contribution in [2.75, 3.05) is 13.2 Å². The lowest BCUT2D eigenvalue weighted by molar-refractivity contribution is 0.166. The average Bonchev–Trinajstić information content (AvgIpc) is 2.36. The summed E-state index contributed by atoms with van der Waals surface area (Å²) >= 11 is 0. The topological polar surface area (TPSA) is 52.5 Å². The first-order valence-corrected chi connectivity index (χ1v) is 6.23. The van der Waals surface area contributed by atoms with Gasteiger partial charge in [0.2, 0.25) is 0 Å². The van der Waals surface area contributed by atoms with E-state index in [4.69, 9.17) is 0 Å². The van der Waals surface area contributed by atoms with Crippen molar-refractivity contribution in [2.24, 2.45) is 0 Å². The summed E-state index contributed by atoms with van der Waals surface area (Å²) in [6, 6.07) is 7.25. The third kappa shape index (κ3) is 4.75. The van der Waals surface area contributed by atoms with Crippen LogP contribution >= 0.6 is 0 Å². The Morgan fingerprint density at radius 1 is 1.24 bits per heavy atom. The summed E-state index contributed by atoms with van der Waals surface area (Å²) in [4.78, 5) is 0. The Kier molecular flexibility index (Phi) is 5.45. The Morgan fingerprint density at radius 3 is 2.41 bits per heavy atom. The van der Waals surface area contributed by atoms with Crippen molar-refractivity contribution in [1.29, 1.82) is 0 Å². The molecule has 0 aliphatic heterocycles. The quantitative estimate of drug-likeness (QED) is 0.680. The molecule has 3 nitrogen and oxygen atoms in total. The van der Waals surface area contributed by atoms with Gasteiger partial charge in [-0.05, 0) is 50.4 Å². The SMILES string of the molecule is CCCNC(C)(CO)CCc1ccc(O)cc1. The molecule has 1 aromatic rings. The zero-order valence-corrected chi connectivity index (χ0v) is 10.7. The fraction of sp³-hybridized carbons (Fsp3) is 0.571. The molecule has 1 aromatic carbocycles. The molecule has 96 valence electrons. The Hall–Kier alpha value is -1.06. The van der Waals surface area contributed by atoms with Gasteiger partial charge in [0, 0.05) is 5.54 Å². The molecule has 0 aromatic heterocycles. The highest BCUT2D eigenvalue weighted by atomic mass is 16.3. The van der Waals surface area contributed by atoms with Crippen molar-refractivity contribution in [3.05, 3.63) is 29.8 Å². The Bertz CT molecular complexity index is 323. The molecule has 0 heterocycles. The molecule has 0 saturated carbocycles. The molecular weight excluding hydrogens is 214 g/mol. The van der Waals surface area contributed by atoms with Gasteiger partial charge in [0.1, 0.15) is 5.75 Å². The van der Waals surface area contributed by atoms with E-state index < -0.39 is 0 Å². The van der Waals surface area contributed by atoms with Gasteiger partial charge in [-0.25, -0.2) is 0 Å². The minimum absolute atomic E-state index is 0.144. The van der Waals surface area contributed by atoms with E-state index in [2.05, 4.69) is 12.2 Å². The summed E-state index contributed by atoms with van der Waals surface area (Å²) in [6.07, 6.45) is 2.84. The number of nitrogens with one attached hydrogen (secondary N) is 1. The molecule has 3 N–H and O–H groups in total. The molecular formula is C14H23NO2. The number of phenolic OH excluding ortho intramolecular Hbond substituents is 1. The van der Waals surface area contributed by atoms with E-state index in [1.165, 1.54) is 5.56 Å². The van der Waals surface area contributed by atoms with Gasteiger partial charge in [0.05, 0.1) is 6.61 Å². The molecule has 3 heteroatoms. The third-order valence-corrected chi connectivity index (χ3v) is 3.05. The van der Waals surface area contributed by atoms with Crippen LogP contribution in [0, 0.1) is 0 Å². The Balaban J connectivity index is 2.49. The molecule has 17 heavy (non-hydrogen) atoms. The third-order valence-electron chi connectivity index (χ3n) is 3.05. The minimum Gasteiger partial charge on any atom is -0.508 e. The number of aliphatic hydroxyl groups excluding tert-OH is 1. The number of aromatic hydroxyl groups is 1. The molecule has 0 amide bonds. The van der Waals surface area contributed by atoms with E-state index in [1.54, 1.807) is 12.1 Å². The molecule has 0 aliphatic rings. The molecule has 0 aliphatic carbocycles. The molecule has 1 rings (SSSR count). The lowest BCUT2D eigenvalue weighted by atomic mass is 9.94. The predicted octanol–water partition coefficient (Wildman–Crippen LogP) is 2.08. The van der Waals surface area contributed by atoms with Gasteiger partial charge < -0.3 is 15.5 Å². The number of rotatable bonds is 7. The number of benzene rings is 1. The number of aryl methyl sites for hydroxylation is 1. The van der Waals surface area contributed by atoms with Crippen molar-refractivity contribution < 1.29 is 10.2 Å². The van der Waals surface area contributed by atoms with Crippen LogP contribution in [0.4, 0.5) is 0 Å². The van der Waals surface area contributed by atoms with Crippen molar-refractivity contribution >= 4 is 0 Å². The van der Waals surface area contributed by atoms with Crippen molar-refractivity contribution in [2.45, 2.75) is 38.6 Å². The van der Waals surface area contributed by atoms with E-state index >= 15 is 0 Å². The second kappa shape index (κ2) is 6.62. The first-order chi connectivity index (χ1) is 8.09. The average molecular weight is 237 g/mol. The van der Waals surface area contributed by atoms with E-state index in [1.807, 2.05) is 19.1 Å². The molecule has 0 spiro atoms. The van der Waals surface area contributed by atoms with Crippen LogP contribution in [0.5, 0.6) is 5.75 Å². The summed E-state index contributed by atoms with van der Waals surface area (Å²) < 4.78 is 0. The van der Waals surface area contributed by atoms with Crippen molar-refractivity contribution in [3.63, 3.8) is 0 Å². The Labute approximate surface area is 103 Å². The van der Waals surface area contributed by atoms with E-state index in [0.717, 1.165) is 25.8 Å². The van der Waals surface area contributed by atoms with Gasteiger partial charge in [-0.2, -0.15) is 0 Å². The maximum absolute atomic E-state index is 9.43. The number of aliphatic hydroxyl groups is 1. The second-order valence-electron chi connectivity index (χ2n) is 4.81. The molecule has 1 atom stereocenters. The summed E-state index contributed by atoms with van der Waals surface area (Å²) in [5.74, 6) is 0.294. The summed E-state index contributed by atoms with van der Waals surface area (Å²) in [6.45, 7) is 5.23. The van der Waals surface area contributed by atoms with Gasteiger partial charge in [-0.1, -0.05) is 19.1 Å². The van der Waals surface area contributed by atoms with Gasteiger partial charge in [-0.3, -0.25) is 0 Å². The molecule has 0 radical (unpaired) electrons. The summed E-state index contributed by atoms with van der Waals surface area (Å²) in [5, 5.41) is 22.0. The Morgan fingerprint density at radius 2 is 1.88 bits per heavy atom. The molecule has 0 saturated heterocycles. The lowest BCUT2D eigenvalue weighted by Crippen LogP contribution is -2.46. The zero-order valence-electron chi connectivity index (χ0n) is 10.7. The van der Waals surface area contributed by atoms with Gasteiger partial charge in [0.25, 0.3) is 0 Å². The molecule has 0 fully saturated rings. The van der Waals surface area contributed by atoms with Crippen LogP contribution in [0.1, 0.15) is 32.3 Å². The van der Waals surface area contributed by atoms with Crippen LogP contribution in [-0.4, -0.2) is 28.9 Å². The smallest absolute Gasteiger partial charge is 0.115 e. The first-order valence-electron chi connectivity index (χ1n) is 6.23. The van der Waals surface area contributed by atoms with Gasteiger partial charge in [-0.15, -0.1) is 0 Å². The minimum atomic E-state index is -0.214. The van der Waals surface area contributed by atoms with Gasteiger partial charge >= 0.3 is 0 Å². The fourth-order valence-corrected chi connectivity index (χ4v) is 1.73. The standard InChI is InChI=1S/C14H23NO2/c1-3-10-15-14(2,11-16)9-8-12-4-6-13(17)7-5-12/h4-7,15-17H,3,8-11H2,1-2H3.